The van der Waals surface area contributed by atoms with Gasteiger partial charge in [0, 0.05) is 24.7 Å². The number of morpholine rings is 1. The molecular weight excluding hydrogens is 373 g/mol. The first-order chi connectivity index (χ1) is 13.4. The van der Waals surface area contributed by atoms with Crippen molar-refractivity contribution in [3.8, 4) is 5.75 Å². The van der Waals surface area contributed by atoms with E-state index in [-0.39, 0.29) is 11.3 Å². The highest BCUT2D eigenvalue weighted by atomic mass is 19.4. The molecule has 28 heavy (non-hydrogen) atoms. The van der Waals surface area contributed by atoms with Crippen LogP contribution in [0.1, 0.15) is 5.56 Å². The van der Waals surface area contributed by atoms with E-state index in [2.05, 4.69) is 15.0 Å². The normalized spacial score (nSPS) is 14.9. The number of ether oxygens (including phenoxy) is 2. The minimum atomic E-state index is -4.80. The van der Waals surface area contributed by atoms with Crippen LogP contribution in [0.4, 0.5) is 24.5 Å². The number of halogens is 3. The van der Waals surface area contributed by atoms with Crippen LogP contribution in [0.25, 0.3) is 6.08 Å². The Morgan fingerprint density at radius 1 is 1.07 bits per heavy atom. The number of carbonyl (C=O) groups is 1. The highest BCUT2D eigenvalue weighted by Crippen LogP contribution is 2.28. The third-order valence-corrected chi connectivity index (χ3v) is 4.07. The summed E-state index contributed by atoms with van der Waals surface area (Å²) in [6.45, 7) is 2.64. The van der Waals surface area contributed by atoms with Crippen LogP contribution in [0.2, 0.25) is 0 Å². The Morgan fingerprint density at radius 2 is 1.75 bits per heavy atom. The molecule has 0 bridgehead atoms. The fourth-order valence-corrected chi connectivity index (χ4v) is 2.84. The van der Waals surface area contributed by atoms with Crippen LogP contribution in [0, 0.1) is 0 Å². The zero-order chi connectivity index (χ0) is 20.0. The predicted octanol–water partition coefficient (Wildman–Crippen LogP) is 4.07. The van der Waals surface area contributed by atoms with E-state index in [4.69, 9.17) is 4.74 Å². The second-order valence-electron chi connectivity index (χ2n) is 6.02. The third-order valence-electron chi connectivity index (χ3n) is 4.07. The van der Waals surface area contributed by atoms with Gasteiger partial charge in [-0.05, 0) is 24.3 Å². The quantitative estimate of drug-likeness (QED) is 0.780. The van der Waals surface area contributed by atoms with Gasteiger partial charge in [0.25, 0.3) is 0 Å². The molecule has 2 aromatic carbocycles. The smallest absolute Gasteiger partial charge is 0.405 e. The van der Waals surface area contributed by atoms with Gasteiger partial charge in [-0.15, -0.1) is 13.2 Å². The summed E-state index contributed by atoms with van der Waals surface area (Å²) in [5.41, 5.74) is 1.64. The molecule has 8 heteroatoms. The Hall–Kier alpha value is -3.00. The SMILES string of the molecule is O=C(/C=C/c1ccccc1OC(F)(F)F)Nc1ccccc1N1CCOCC1. The first kappa shape index (κ1) is 19.8. The summed E-state index contributed by atoms with van der Waals surface area (Å²) in [5.74, 6) is -0.824. The Morgan fingerprint density at radius 3 is 2.50 bits per heavy atom. The molecule has 0 radical (unpaired) electrons. The first-order valence-electron chi connectivity index (χ1n) is 8.68. The molecule has 1 N–H and O–H groups in total. The zero-order valence-electron chi connectivity index (χ0n) is 14.9. The molecule has 1 aliphatic rings. The number of nitrogens with zero attached hydrogens (tertiary/aromatic N) is 1. The summed E-state index contributed by atoms with van der Waals surface area (Å²) in [5, 5.41) is 2.77. The van der Waals surface area contributed by atoms with E-state index in [1.165, 1.54) is 30.4 Å². The average Bonchev–Trinajstić information content (AvgIpc) is 2.67. The number of benzene rings is 2. The number of nitrogens with one attached hydrogen (secondary N) is 1. The number of anilines is 2. The van der Waals surface area contributed by atoms with E-state index in [0.717, 1.165) is 5.69 Å². The van der Waals surface area contributed by atoms with Crippen molar-refractivity contribution in [2.24, 2.45) is 0 Å². The lowest BCUT2D eigenvalue weighted by Crippen LogP contribution is -2.36. The van der Waals surface area contributed by atoms with Gasteiger partial charge in [-0.3, -0.25) is 4.79 Å². The van der Waals surface area contributed by atoms with Crippen molar-refractivity contribution in [2.45, 2.75) is 6.36 Å². The number of para-hydroxylation sites is 3. The number of hydrogen-bond acceptors (Lipinski definition) is 4. The van der Waals surface area contributed by atoms with Crippen molar-refractivity contribution in [3.05, 3.63) is 60.2 Å². The minimum Gasteiger partial charge on any atom is -0.405 e. The molecule has 0 spiro atoms. The maximum Gasteiger partial charge on any atom is 0.573 e. The summed E-state index contributed by atoms with van der Waals surface area (Å²) < 4.78 is 46.8. The minimum absolute atomic E-state index is 0.149. The van der Waals surface area contributed by atoms with Gasteiger partial charge in [-0.2, -0.15) is 0 Å². The average molecular weight is 392 g/mol. The molecule has 148 valence electrons. The number of amides is 1. The molecule has 1 fully saturated rings. The second kappa shape index (κ2) is 8.79. The number of rotatable bonds is 5. The second-order valence-corrected chi connectivity index (χ2v) is 6.02. The van der Waals surface area contributed by atoms with Crippen molar-refractivity contribution in [3.63, 3.8) is 0 Å². The molecule has 1 heterocycles. The fraction of sp³-hybridized carbons (Fsp3) is 0.250. The fourth-order valence-electron chi connectivity index (χ4n) is 2.84. The van der Waals surface area contributed by atoms with Crippen molar-refractivity contribution in [2.75, 3.05) is 36.5 Å². The van der Waals surface area contributed by atoms with Crippen molar-refractivity contribution in [1.82, 2.24) is 0 Å². The van der Waals surface area contributed by atoms with Crippen molar-refractivity contribution < 1.29 is 27.4 Å². The van der Waals surface area contributed by atoms with Gasteiger partial charge in [-0.1, -0.05) is 30.3 Å². The lowest BCUT2D eigenvalue weighted by molar-refractivity contribution is -0.274. The third kappa shape index (κ3) is 5.50. The lowest BCUT2D eigenvalue weighted by atomic mass is 10.2. The molecule has 5 nitrogen and oxygen atoms in total. The van der Waals surface area contributed by atoms with Crippen LogP contribution < -0.4 is 15.0 Å². The molecule has 0 atom stereocenters. The van der Waals surface area contributed by atoms with Crippen LogP contribution in [-0.4, -0.2) is 38.6 Å². The topological polar surface area (TPSA) is 50.8 Å². The number of alkyl halides is 3. The van der Waals surface area contributed by atoms with Crippen LogP contribution in [0.15, 0.2) is 54.6 Å². The van der Waals surface area contributed by atoms with Gasteiger partial charge in [0.2, 0.25) is 5.91 Å². The Labute approximate surface area is 160 Å². The predicted molar refractivity (Wildman–Crippen MR) is 100 cm³/mol. The Balaban J connectivity index is 1.72. The molecule has 2 aromatic rings. The highest BCUT2D eigenvalue weighted by Gasteiger charge is 2.31. The summed E-state index contributed by atoms with van der Waals surface area (Å²) in [7, 11) is 0. The van der Waals surface area contributed by atoms with Gasteiger partial charge >= 0.3 is 6.36 Å². The number of hydrogen-bond donors (Lipinski definition) is 1. The molecule has 0 saturated carbocycles. The molecule has 0 aromatic heterocycles. The molecule has 0 unspecified atom stereocenters. The molecule has 0 aliphatic carbocycles. The van der Waals surface area contributed by atoms with Gasteiger partial charge in [0.15, 0.2) is 0 Å². The summed E-state index contributed by atoms with van der Waals surface area (Å²) in [6, 6.07) is 13.0. The highest BCUT2D eigenvalue weighted by molar-refractivity contribution is 6.04. The van der Waals surface area contributed by atoms with Crippen LogP contribution in [0.3, 0.4) is 0 Å². The summed E-state index contributed by atoms with van der Waals surface area (Å²) in [4.78, 5) is 14.4. The van der Waals surface area contributed by atoms with Gasteiger partial charge in [-0.25, -0.2) is 0 Å². The molecule has 3 rings (SSSR count). The zero-order valence-corrected chi connectivity index (χ0v) is 14.9. The molecule has 1 amide bonds. The van der Waals surface area contributed by atoms with Crippen LogP contribution >= 0.6 is 0 Å². The van der Waals surface area contributed by atoms with Crippen LogP contribution in [0.5, 0.6) is 5.75 Å². The Bertz CT molecular complexity index is 847. The van der Waals surface area contributed by atoms with E-state index in [1.807, 2.05) is 12.1 Å². The first-order valence-corrected chi connectivity index (χ1v) is 8.68. The van der Waals surface area contributed by atoms with Gasteiger partial charge < -0.3 is 19.7 Å². The standard InChI is InChI=1S/C20H19F3N2O3/c21-20(22,23)28-18-8-4-1-5-15(18)9-10-19(26)24-16-6-2-3-7-17(16)25-11-13-27-14-12-25/h1-10H,11-14H2,(H,24,26)/b10-9+. The largest absolute Gasteiger partial charge is 0.573 e. The summed E-state index contributed by atoms with van der Waals surface area (Å²) >= 11 is 0. The summed E-state index contributed by atoms with van der Waals surface area (Å²) in [6.07, 6.45) is -2.34. The molecular formula is C20H19F3N2O3. The molecule has 1 aliphatic heterocycles. The van der Waals surface area contributed by atoms with Gasteiger partial charge in [0.1, 0.15) is 5.75 Å². The monoisotopic (exact) mass is 392 g/mol. The van der Waals surface area contributed by atoms with E-state index in [0.29, 0.717) is 32.0 Å². The van der Waals surface area contributed by atoms with E-state index in [9.17, 15) is 18.0 Å². The Kier molecular flexibility index (Phi) is 6.20. The maximum absolute atomic E-state index is 12.5. The maximum atomic E-state index is 12.5. The van der Waals surface area contributed by atoms with E-state index in [1.54, 1.807) is 18.2 Å². The lowest BCUT2D eigenvalue weighted by Gasteiger charge is -2.30. The van der Waals surface area contributed by atoms with E-state index >= 15 is 0 Å². The van der Waals surface area contributed by atoms with Crippen molar-refractivity contribution >= 4 is 23.4 Å². The van der Waals surface area contributed by atoms with E-state index < -0.39 is 12.3 Å². The molecule has 1 saturated heterocycles. The van der Waals surface area contributed by atoms with Gasteiger partial charge in [0.05, 0.1) is 24.6 Å². The number of carbonyl (C=O) groups excluding carboxylic acids is 1. The van der Waals surface area contributed by atoms with Crippen molar-refractivity contribution in [1.29, 1.82) is 0 Å². The van der Waals surface area contributed by atoms with Crippen LogP contribution in [-0.2, 0) is 9.53 Å².